The number of amides is 2. The molecule has 8 heteroatoms. The van der Waals surface area contributed by atoms with Crippen molar-refractivity contribution >= 4 is 35.2 Å². The molecular weight excluding hydrogens is 354 g/mol. The van der Waals surface area contributed by atoms with E-state index >= 15 is 0 Å². The molecule has 1 aromatic carbocycles. The first-order chi connectivity index (χ1) is 12.4. The van der Waals surface area contributed by atoms with E-state index in [2.05, 4.69) is 16.2 Å². The van der Waals surface area contributed by atoms with Gasteiger partial charge in [-0.3, -0.25) is 25.8 Å². The fourth-order valence-electron chi connectivity index (χ4n) is 1.91. The van der Waals surface area contributed by atoms with Gasteiger partial charge in [0.15, 0.2) is 11.7 Å². The van der Waals surface area contributed by atoms with Crippen molar-refractivity contribution in [1.82, 2.24) is 16.2 Å². The van der Waals surface area contributed by atoms with Gasteiger partial charge in [-0.05, 0) is 55.9 Å². The van der Waals surface area contributed by atoms with Crippen LogP contribution in [0.4, 0.5) is 0 Å². The van der Waals surface area contributed by atoms with E-state index < -0.39 is 11.8 Å². The summed E-state index contributed by atoms with van der Waals surface area (Å²) in [6, 6.07) is 10.9. The molecule has 2 aromatic rings. The number of carbonyl (C=O) groups is 2. The first-order valence-corrected chi connectivity index (χ1v) is 8.17. The summed E-state index contributed by atoms with van der Waals surface area (Å²) in [5, 5.41) is 2.35. The second-order valence-corrected chi connectivity index (χ2v) is 5.74. The minimum absolute atomic E-state index is 0.0421. The number of thiocarbonyl (C=S) groups is 1. The lowest BCUT2D eigenvalue weighted by molar-refractivity contribution is -0.123. The molecular formula is C18H19N3O4S. The molecule has 0 saturated carbocycles. The Balaban J connectivity index is 1.69. The number of nitrogens with one attached hydrogen (secondary N) is 3. The van der Waals surface area contributed by atoms with Gasteiger partial charge in [-0.25, -0.2) is 0 Å². The van der Waals surface area contributed by atoms with Crippen molar-refractivity contribution in [3.8, 4) is 5.75 Å². The number of hydrogen-bond acceptors (Lipinski definition) is 5. The zero-order valence-electron chi connectivity index (χ0n) is 14.4. The number of benzene rings is 1. The van der Waals surface area contributed by atoms with Crippen molar-refractivity contribution in [3.63, 3.8) is 0 Å². The molecule has 0 aliphatic rings. The maximum atomic E-state index is 11.7. The molecule has 1 heterocycles. The highest BCUT2D eigenvalue weighted by Crippen LogP contribution is 2.15. The Hall–Kier alpha value is -3.13. The summed E-state index contributed by atoms with van der Waals surface area (Å²) < 4.78 is 10.7. The molecule has 2 amide bonds. The molecule has 0 aliphatic carbocycles. The van der Waals surface area contributed by atoms with Gasteiger partial charge in [0, 0.05) is 6.08 Å². The molecule has 7 nitrogen and oxygen atoms in total. The fourth-order valence-corrected chi connectivity index (χ4v) is 2.06. The van der Waals surface area contributed by atoms with E-state index in [4.69, 9.17) is 21.4 Å². The third-order valence-corrected chi connectivity index (χ3v) is 3.37. The van der Waals surface area contributed by atoms with Gasteiger partial charge in [-0.15, -0.1) is 0 Å². The number of aryl methyl sites for hydroxylation is 2. The third kappa shape index (κ3) is 6.40. The van der Waals surface area contributed by atoms with Crippen molar-refractivity contribution in [2.75, 3.05) is 6.61 Å². The summed E-state index contributed by atoms with van der Waals surface area (Å²) in [4.78, 5) is 23.5. The minimum Gasteiger partial charge on any atom is -0.483 e. The monoisotopic (exact) mass is 373 g/mol. The molecule has 0 aliphatic heterocycles. The predicted molar refractivity (Wildman–Crippen MR) is 101 cm³/mol. The number of carbonyl (C=O) groups excluding carboxylic acids is 2. The SMILES string of the molecule is Cc1ccc(C=CC(=O)NC(=S)NNC(=O)COc2ccccc2C)o1. The van der Waals surface area contributed by atoms with Crippen LogP contribution in [-0.4, -0.2) is 23.5 Å². The molecule has 0 unspecified atom stereocenters. The summed E-state index contributed by atoms with van der Waals surface area (Å²) in [6.07, 6.45) is 2.79. The Bertz CT molecular complexity index is 829. The van der Waals surface area contributed by atoms with E-state index in [1.807, 2.05) is 32.0 Å². The zero-order chi connectivity index (χ0) is 18.9. The van der Waals surface area contributed by atoms with Crippen molar-refractivity contribution < 1.29 is 18.7 Å². The van der Waals surface area contributed by atoms with Gasteiger partial charge in [0.2, 0.25) is 5.91 Å². The quantitative estimate of drug-likeness (QED) is 0.422. The van der Waals surface area contributed by atoms with Gasteiger partial charge in [-0.1, -0.05) is 18.2 Å². The second-order valence-electron chi connectivity index (χ2n) is 5.33. The molecule has 0 fully saturated rings. The maximum absolute atomic E-state index is 11.7. The van der Waals surface area contributed by atoms with Crippen LogP contribution in [0.3, 0.4) is 0 Å². The van der Waals surface area contributed by atoms with E-state index in [1.165, 1.54) is 12.2 Å². The summed E-state index contributed by atoms with van der Waals surface area (Å²) in [5.41, 5.74) is 5.70. The van der Waals surface area contributed by atoms with E-state index in [1.54, 1.807) is 18.2 Å². The number of ether oxygens (including phenoxy) is 1. The van der Waals surface area contributed by atoms with Crippen molar-refractivity contribution in [3.05, 3.63) is 59.6 Å². The van der Waals surface area contributed by atoms with Gasteiger partial charge in [-0.2, -0.15) is 0 Å². The van der Waals surface area contributed by atoms with Crippen LogP contribution >= 0.6 is 12.2 Å². The molecule has 1 aromatic heterocycles. The third-order valence-electron chi connectivity index (χ3n) is 3.16. The van der Waals surface area contributed by atoms with Gasteiger partial charge >= 0.3 is 0 Å². The number of rotatable bonds is 5. The summed E-state index contributed by atoms with van der Waals surface area (Å²) >= 11 is 4.93. The van der Waals surface area contributed by atoms with E-state index in [-0.39, 0.29) is 11.7 Å². The summed E-state index contributed by atoms with van der Waals surface area (Å²) in [6.45, 7) is 3.50. The highest BCUT2D eigenvalue weighted by molar-refractivity contribution is 7.80. The average molecular weight is 373 g/mol. The smallest absolute Gasteiger partial charge is 0.276 e. The number of hydrazine groups is 1. The van der Waals surface area contributed by atoms with Crippen molar-refractivity contribution in [2.24, 2.45) is 0 Å². The van der Waals surface area contributed by atoms with Crippen LogP contribution in [0.1, 0.15) is 17.1 Å². The van der Waals surface area contributed by atoms with Crippen LogP contribution in [0.15, 0.2) is 46.9 Å². The Morgan fingerprint density at radius 3 is 2.62 bits per heavy atom. The highest BCUT2D eigenvalue weighted by atomic mass is 32.1. The van der Waals surface area contributed by atoms with Crippen molar-refractivity contribution in [2.45, 2.75) is 13.8 Å². The topological polar surface area (TPSA) is 92.6 Å². The van der Waals surface area contributed by atoms with Gasteiger partial charge in [0.1, 0.15) is 17.3 Å². The first-order valence-electron chi connectivity index (χ1n) is 7.77. The van der Waals surface area contributed by atoms with Gasteiger partial charge in [0.25, 0.3) is 5.91 Å². The van der Waals surface area contributed by atoms with Crippen LogP contribution in [-0.2, 0) is 9.59 Å². The normalized spacial score (nSPS) is 10.4. The first kappa shape index (κ1) is 19.2. The lowest BCUT2D eigenvalue weighted by Gasteiger charge is -2.11. The molecule has 0 spiro atoms. The van der Waals surface area contributed by atoms with Crippen LogP contribution in [0.2, 0.25) is 0 Å². The summed E-state index contributed by atoms with van der Waals surface area (Å²) in [5.74, 6) is 1.03. The average Bonchev–Trinajstić information content (AvgIpc) is 3.03. The number of hydrogen-bond donors (Lipinski definition) is 3. The van der Waals surface area contributed by atoms with Gasteiger partial charge in [0.05, 0.1) is 0 Å². The summed E-state index contributed by atoms with van der Waals surface area (Å²) in [7, 11) is 0. The van der Waals surface area contributed by atoms with E-state index in [0.717, 1.165) is 11.3 Å². The Kier molecular flexibility index (Phi) is 6.92. The Morgan fingerprint density at radius 2 is 1.92 bits per heavy atom. The van der Waals surface area contributed by atoms with E-state index in [9.17, 15) is 9.59 Å². The number of furan rings is 1. The van der Waals surface area contributed by atoms with Gasteiger partial charge < -0.3 is 9.15 Å². The largest absolute Gasteiger partial charge is 0.483 e. The molecule has 0 atom stereocenters. The Labute approximate surface area is 156 Å². The molecule has 136 valence electrons. The highest BCUT2D eigenvalue weighted by Gasteiger charge is 2.06. The van der Waals surface area contributed by atoms with Crippen molar-refractivity contribution in [1.29, 1.82) is 0 Å². The lowest BCUT2D eigenvalue weighted by atomic mass is 10.2. The minimum atomic E-state index is -0.457. The molecule has 3 N–H and O–H groups in total. The molecule has 26 heavy (non-hydrogen) atoms. The Morgan fingerprint density at radius 1 is 1.15 bits per heavy atom. The van der Waals surface area contributed by atoms with E-state index in [0.29, 0.717) is 11.5 Å². The van der Waals surface area contributed by atoms with Crippen LogP contribution in [0.5, 0.6) is 5.75 Å². The van der Waals surface area contributed by atoms with Crippen LogP contribution in [0, 0.1) is 13.8 Å². The second kappa shape index (κ2) is 9.38. The zero-order valence-corrected chi connectivity index (χ0v) is 15.2. The maximum Gasteiger partial charge on any atom is 0.276 e. The standard InChI is InChI=1S/C18H19N3O4S/c1-12-5-3-4-6-15(12)24-11-17(23)20-21-18(26)19-16(22)10-9-14-8-7-13(2)25-14/h3-10H,11H2,1-2H3,(H,20,23)(H2,19,21,22,26). The van der Waals surface area contributed by atoms with Crippen LogP contribution < -0.4 is 20.9 Å². The molecule has 0 bridgehead atoms. The molecule has 0 radical (unpaired) electrons. The predicted octanol–water partition coefficient (Wildman–Crippen LogP) is 2.01. The fraction of sp³-hybridized carbons (Fsp3) is 0.167. The van der Waals surface area contributed by atoms with Crippen LogP contribution in [0.25, 0.3) is 6.08 Å². The molecule has 2 rings (SSSR count). The number of para-hydroxylation sites is 1. The lowest BCUT2D eigenvalue weighted by Crippen LogP contribution is -2.49. The molecule has 0 saturated heterocycles.